The first-order valence-electron chi connectivity index (χ1n) is 8.00. The van der Waals surface area contributed by atoms with Gasteiger partial charge < -0.3 is 10.1 Å². The molecule has 2 aromatic carbocycles. The second-order valence-electron chi connectivity index (χ2n) is 5.60. The van der Waals surface area contributed by atoms with Crippen molar-refractivity contribution in [1.82, 2.24) is 10.2 Å². The van der Waals surface area contributed by atoms with Crippen LogP contribution in [0.1, 0.15) is 0 Å². The number of hydrogen-bond donors (Lipinski definition) is 1. The maximum Gasteiger partial charge on any atom is 0.230 e. The van der Waals surface area contributed by atoms with Gasteiger partial charge in [0.15, 0.2) is 0 Å². The zero-order valence-electron chi connectivity index (χ0n) is 13.2. The SMILES string of the molecule is O=C(CSc1ccc2ccccc2c1)NCCN1CCOCC1. The third-order valence-electron chi connectivity index (χ3n) is 3.94. The number of hydrogen-bond acceptors (Lipinski definition) is 4. The maximum atomic E-state index is 11.9. The van der Waals surface area contributed by atoms with E-state index in [1.807, 2.05) is 12.1 Å². The molecule has 122 valence electrons. The molecule has 1 saturated heterocycles. The van der Waals surface area contributed by atoms with Crippen molar-refractivity contribution in [3.05, 3.63) is 42.5 Å². The summed E-state index contributed by atoms with van der Waals surface area (Å²) in [5.41, 5.74) is 0. The van der Waals surface area contributed by atoms with Crippen molar-refractivity contribution in [2.24, 2.45) is 0 Å². The van der Waals surface area contributed by atoms with Gasteiger partial charge in [0.25, 0.3) is 0 Å². The number of thioether (sulfide) groups is 1. The Morgan fingerprint density at radius 1 is 1.13 bits per heavy atom. The highest BCUT2D eigenvalue weighted by Crippen LogP contribution is 2.23. The van der Waals surface area contributed by atoms with Gasteiger partial charge in [-0.1, -0.05) is 30.3 Å². The summed E-state index contributed by atoms with van der Waals surface area (Å²) in [5, 5.41) is 5.44. The van der Waals surface area contributed by atoms with Crippen LogP contribution < -0.4 is 5.32 Å². The molecule has 0 saturated carbocycles. The lowest BCUT2D eigenvalue weighted by Gasteiger charge is -2.26. The van der Waals surface area contributed by atoms with Crippen molar-refractivity contribution in [2.75, 3.05) is 45.1 Å². The molecule has 2 aromatic rings. The molecule has 0 bridgehead atoms. The van der Waals surface area contributed by atoms with E-state index >= 15 is 0 Å². The first-order chi connectivity index (χ1) is 11.3. The number of carbonyl (C=O) groups excluding carboxylic acids is 1. The molecular formula is C18H22N2O2S. The molecule has 5 heteroatoms. The van der Waals surface area contributed by atoms with E-state index in [9.17, 15) is 4.79 Å². The summed E-state index contributed by atoms with van der Waals surface area (Å²) in [7, 11) is 0. The predicted octanol–water partition coefficient (Wildman–Crippen LogP) is 2.38. The minimum absolute atomic E-state index is 0.0939. The van der Waals surface area contributed by atoms with Crippen LogP contribution in [0.5, 0.6) is 0 Å². The van der Waals surface area contributed by atoms with Crippen LogP contribution in [0.4, 0.5) is 0 Å². The molecule has 1 amide bonds. The van der Waals surface area contributed by atoms with E-state index < -0.39 is 0 Å². The monoisotopic (exact) mass is 330 g/mol. The molecule has 1 aliphatic heterocycles. The summed E-state index contributed by atoms with van der Waals surface area (Å²) in [5.74, 6) is 0.554. The van der Waals surface area contributed by atoms with E-state index in [-0.39, 0.29) is 5.91 Å². The lowest BCUT2D eigenvalue weighted by atomic mass is 10.1. The van der Waals surface area contributed by atoms with Crippen LogP contribution >= 0.6 is 11.8 Å². The third-order valence-corrected chi connectivity index (χ3v) is 4.94. The largest absolute Gasteiger partial charge is 0.379 e. The lowest BCUT2D eigenvalue weighted by Crippen LogP contribution is -2.41. The summed E-state index contributed by atoms with van der Waals surface area (Å²) in [4.78, 5) is 15.4. The Hall–Kier alpha value is -1.56. The Morgan fingerprint density at radius 3 is 2.74 bits per heavy atom. The molecule has 1 heterocycles. The highest BCUT2D eigenvalue weighted by Gasteiger charge is 2.10. The van der Waals surface area contributed by atoms with Crippen molar-refractivity contribution in [3.8, 4) is 0 Å². The van der Waals surface area contributed by atoms with Crippen LogP contribution in [-0.4, -0.2) is 56.0 Å². The molecule has 23 heavy (non-hydrogen) atoms. The lowest BCUT2D eigenvalue weighted by molar-refractivity contribution is -0.118. The van der Waals surface area contributed by atoms with Crippen LogP contribution in [0, 0.1) is 0 Å². The van der Waals surface area contributed by atoms with Crippen LogP contribution in [0.2, 0.25) is 0 Å². The fourth-order valence-corrected chi connectivity index (χ4v) is 3.41. The van der Waals surface area contributed by atoms with Crippen LogP contribution in [0.3, 0.4) is 0 Å². The molecule has 0 spiro atoms. The number of amides is 1. The van der Waals surface area contributed by atoms with E-state index in [0.717, 1.165) is 37.7 Å². The third kappa shape index (κ3) is 4.96. The summed E-state index contributed by atoms with van der Waals surface area (Å²) < 4.78 is 5.31. The second-order valence-corrected chi connectivity index (χ2v) is 6.65. The van der Waals surface area contributed by atoms with Crippen molar-refractivity contribution in [3.63, 3.8) is 0 Å². The van der Waals surface area contributed by atoms with Crippen molar-refractivity contribution in [2.45, 2.75) is 4.90 Å². The topological polar surface area (TPSA) is 41.6 Å². The first kappa shape index (κ1) is 16.3. The number of ether oxygens (including phenoxy) is 1. The first-order valence-corrected chi connectivity index (χ1v) is 8.98. The number of carbonyl (C=O) groups is 1. The van der Waals surface area contributed by atoms with E-state index in [1.165, 1.54) is 10.8 Å². The molecule has 1 fully saturated rings. The molecule has 0 aliphatic carbocycles. The average Bonchev–Trinajstić information content (AvgIpc) is 2.61. The molecule has 1 aliphatic rings. The fourth-order valence-electron chi connectivity index (χ4n) is 2.64. The van der Waals surface area contributed by atoms with Crippen molar-refractivity contribution >= 4 is 28.4 Å². The second kappa shape index (κ2) is 8.34. The quantitative estimate of drug-likeness (QED) is 0.826. The smallest absolute Gasteiger partial charge is 0.230 e. The summed E-state index contributed by atoms with van der Waals surface area (Å²) in [6, 6.07) is 14.6. The predicted molar refractivity (Wildman–Crippen MR) is 94.9 cm³/mol. The minimum atomic E-state index is 0.0939. The average molecular weight is 330 g/mol. The minimum Gasteiger partial charge on any atom is -0.379 e. The fraction of sp³-hybridized carbons (Fsp3) is 0.389. The van der Waals surface area contributed by atoms with Crippen molar-refractivity contribution < 1.29 is 9.53 Å². The summed E-state index contributed by atoms with van der Waals surface area (Å²) in [6.07, 6.45) is 0. The van der Waals surface area contributed by atoms with Crippen molar-refractivity contribution in [1.29, 1.82) is 0 Å². The Morgan fingerprint density at radius 2 is 1.91 bits per heavy atom. The standard InChI is InChI=1S/C18H22N2O2S/c21-18(19-7-8-20-9-11-22-12-10-20)14-23-17-6-5-15-3-1-2-4-16(15)13-17/h1-6,13H,7-12,14H2,(H,19,21). The molecule has 3 rings (SSSR count). The van der Waals surface area contributed by atoms with Crippen LogP contribution in [-0.2, 0) is 9.53 Å². The Bertz CT molecular complexity index is 656. The van der Waals surface area contributed by atoms with E-state index in [0.29, 0.717) is 12.3 Å². The van der Waals surface area contributed by atoms with E-state index in [4.69, 9.17) is 4.74 Å². The van der Waals surface area contributed by atoms with Gasteiger partial charge in [0.1, 0.15) is 0 Å². The normalized spacial score (nSPS) is 15.7. The van der Waals surface area contributed by atoms with Crippen LogP contribution in [0.25, 0.3) is 10.8 Å². The van der Waals surface area contributed by atoms with Gasteiger partial charge in [0.05, 0.1) is 19.0 Å². The molecule has 0 radical (unpaired) electrons. The molecule has 0 unspecified atom stereocenters. The Labute approximate surface area is 141 Å². The molecular weight excluding hydrogens is 308 g/mol. The van der Waals surface area contributed by atoms with Gasteiger partial charge in [0.2, 0.25) is 5.91 Å². The highest BCUT2D eigenvalue weighted by atomic mass is 32.2. The van der Waals surface area contributed by atoms with Gasteiger partial charge in [-0.15, -0.1) is 11.8 Å². The number of benzene rings is 2. The van der Waals surface area contributed by atoms with Gasteiger partial charge in [-0.3, -0.25) is 9.69 Å². The highest BCUT2D eigenvalue weighted by molar-refractivity contribution is 8.00. The number of nitrogens with one attached hydrogen (secondary N) is 1. The van der Waals surface area contributed by atoms with Gasteiger partial charge in [-0.25, -0.2) is 0 Å². The van der Waals surface area contributed by atoms with E-state index in [2.05, 4.69) is 40.5 Å². The number of morpholine rings is 1. The van der Waals surface area contributed by atoms with Gasteiger partial charge >= 0.3 is 0 Å². The summed E-state index contributed by atoms with van der Waals surface area (Å²) in [6.45, 7) is 5.12. The zero-order valence-corrected chi connectivity index (χ0v) is 14.0. The molecule has 0 aromatic heterocycles. The van der Waals surface area contributed by atoms with E-state index in [1.54, 1.807) is 11.8 Å². The Kier molecular flexibility index (Phi) is 5.91. The molecule has 0 atom stereocenters. The van der Waals surface area contributed by atoms with Gasteiger partial charge in [-0.2, -0.15) is 0 Å². The molecule has 1 N–H and O–H groups in total. The van der Waals surface area contributed by atoms with Gasteiger partial charge in [0, 0.05) is 31.1 Å². The van der Waals surface area contributed by atoms with Gasteiger partial charge in [-0.05, 0) is 22.9 Å². The number of nitrogens with zero attached hydrogens (tertiary/aromatic N) is 1. The van der Waals surface area contributed by atoms with Crippen LogP contribution in [0.15, 0.2) is 47.4 Å². The zero-order chi connectivity index (χ0) is 15.9. The molecule has 4 nitrogen and oxygen atoms in total. The number of rotatable bonds is 6. The maximum absolute atomic E-state index is 11.9. The summed E-state index contributed by atoms with van der Waals surface area (Å²) >= 11 is 1.58. The number of fused-ring (bicyclic) bond motifs is 1. The Balaban J connectivity index is 1.40.